The van der Waals surface area contributed by atoms with Crippen LogP contribution in [0.15, 0.2) is 42.7 Å². The first-order chi connectivity index (χ1) is 11.7. The molecule has 132 valence electrons. The normalized spacial score (nSPS) is 20.2. The summed E-state index contributed by atoms with van der Waals surface area (Å²) in [4.78, 5) is 8.91. The van der Waals surface area contributed by atoms with E-state index in [1.54, 1.807) is 18.3 Å². The summed E-state index contributed by atoms with van der Waals surface area (Å²) in [5.41, 5.74) is 6.75. The zero-order valence-corrected chi connectivity index (χ0v) is 14.5. The molecule has 0 amide bonds. The van der Waals surface area contributed by atoms with Gasteiger partial charge in [0.15, 0.2) is 0 Å². The number of nitrogens with one attached hydrogen (secondary N) is 1. The van der Waals surface area contributed by atoms with Gasteiger partial charge in [-0.25, -0.2) is 9.37 Å². The fourth-order valence-electron chi connectivity index (χ4n) is 3.33. The number of anilines is 1. The number of nitrogens with zero attached hydrogens (tertiary/aromatic N) is 3. The van der Waals surface area contributed by atoms with E-state index in [9.17, 15) is 4.39 Å². The molecule has 3 N–H and O–H groups in total. The Labute approximate surface area is 151 Å². The van der Waals surface area contributed by atoms with Crippen molar-refractivity contribution in [2.45, 2.75) is 37.8 Å². The van der Waals surface area contributed by atoms with Gasteiger partial charge in [0.05, 0.1) is 5.52 Å². The summed E-state index contributed by atoms with van der Waals surface area (Å²) in [6.45, 7) is 0. The summed E-state index contributed by atoms with van der Waals surface area (Å²) < 4.78 is 15.7. The molecule has 0 saturated heterocycles. The molecule has 2 aromatic heterocycles. The predicted molar refractivity (Wildman–Crippen MR) is 99.9 cm³/mol. The van der Waals surface area contributed by atoms with Crippen molar-refractivity contribution in [3.63, 3.8) is 0 Å². The summed E-state index contributed by atoms with van der Waals surface area (Å²) >= 11 is 0. The first-order valence-corrected chi connectivity index (χ1v) is 8.32. The number of rotatable bonds is 3. The van der Waals surface area contributed by atoms with E-state index in [4.69, 9.17) is 5.73 Å². The van der Waals surface area contributed by atoms with Crippen molar-refractivity contribution in [1.29, 1.82) is 0 Å². The van der Waals surface area contributed by atoms with Crippen LogP contribution in [0.5, 0.6) is 0 Å². The van der Waals surface area contributed by atoms with Crippen LogP contribution in [0.1, 0.15) is 25.7 Å². The van der Waals surface area contributed by atoms with Crippen LogP contribution in [0.25, 0.3) is 16.7 Å². The quantitative estimate of drug-likeness (QED) is 0.747. The Morgan fingerprint density at radius 1 is 1.12 bits per heavy atom. The highest BCUT2D eigenvalue weighted by atomic mass is 35.5. The molecule has 0 unspecified atom stereocenters. The summed E-state index contributed by atoms with van der Waals surface area (Å²) in [6.07, 6.45) is 7.68. The van der Waals surface area contributed by atoms with Gasteiger partial charge in [-0.15, -0.1) is 12.4 Å². The summed E-state index contributed by atoms with van der Waals surface area (Å²) in [5.74, 6) is 1.10. The molecule has 0 aliphatic heterocycles. The number of fused-ring (bicyclic) bond motifs is 1. The molecule has 1 aliphatic carbocycles. The molecule has 7 heteroatoms. The Balaban J connectivity index is 0.00000182. The van der Waals surface area contributed by atoms with Gasteiger partial charge in [0, 0.05) is 29.9 Å². The minimum absolute atomic E-state index is 0. The molecule has 4 rings (SSSR count). The zero-order valence-electron chi connectivity index (χ0n) is 13.7. The Morgan fingerprint density at radius 2 is 1.92 bits per heavy atom. The number of aromatic nitrogens is 3. The average molecular weight is 362 g/mol. The van der Waals surface area contributed by atoms with E-state index in [2.05, 4.69) is 15.3 Å². The standard InChI is InChI=1S/C18H20FN5.ClH/c19-15-2-1-3-16-14(15)9-11-24(16)17-8-10-21-18(23-17)22-13-6-4-12(20)5-7-13;/h1-3,8-13H,4-7,20H2,(H,21,22,23);1H. The van der Waals surface area contributed by atoms with Crippen LogP contribution in [-0.2, 0) is 0 Å². The summed E-state index contributed by atoms with van der Waals surface area (Å²) in [5, 5.41) is 3.99. The molecule has 2 heterocycles. The molecule has 0 atom stereocenters. The van der Waals surface area contributed by atoms with E-state index in [1.807, 2.05) is 22.9 Å². The van der Waals surface area contributed by atoms with E-state index in [0.717, 1.165) is 37.0 Å². The number of hydrogen-bond acceptors (Lipinski definition) is 4. The molecule has 25 heavy (non-hydrogen) atoms. The minimum Gasteiger partial charge on any atom is -0.351 e. The van der Waals surface area contributed by atoms with E-state index >= 15 is 0 Å². The predicted octanol–water partition coefficient (Wildman–Crippen LogP) is 3.66. The van der Waals surface area contributed by atoms with Crippen molar-refractivity contribution < 1.29 is 4.39 Å². The summed E-state index contributed by atoms with van der Waals surface area (Å²) in [7, 11) is 0. The van der Waals surface area contributed by atoms with Crippen molar-refractivity contribution in [3.8, 4) is 5.82 Å². The minimum atomic E-state index is -0.225. The van der Waals surface area contributed by atoms with Crippen molar-refractivity contribution in [2.24, 2.45) is 5.73 Å². The molecule has 3 aromatic rings. The van der Waals surface area contributed by atoms with Gasteiger partial charge in [0.2, 0.25) is 5.95 Å². The number of halogens is 2. The van der Waals surface area contributed by atoms with Crippen molar-refractivity contribution in [3.05, 3.63) is 48.5 Å². The Bertz CT molecular complexity index is 858. The van der Waals surface area contributed by atoms with Gasteiger partial charge >= 0.3 is 0 Å². The van der Waals surface area contributed by atoms with Crippen molar-refractivity contribution in [2.75, 3.05) is 5.32 Å². The van der Waals surface area contributed by atoms with Crippen LogP contribution in [0, 0.1) is 5.82 Å². The second kappa shape index (κ2) is 7.37. The monoisotopic (exact) mass is 361 g/mol. The maximum atomic E-state index is 13.9. The van der Waals surface area contributed by atoms with Gasteiger partial charge in [-0.05, 0) is 49.9 Å². The molecular formula is C18H21ClFN5. The SMILES string of the molecule is Cl.NC1CCC(Nc2nccc(-n3ccc4c(F)cccc43)n2)CC1. The van der Waals surface area contributed by atoms with Crippen molar-refractivity contribution >= 4 is 29.3 Å². The molecule has 1 saturated carbocycles. The lowest BCUT2D eigenvalue weighted by Crippen LogP contribution is -2.33. The smallest absolute Gasteiger partial charge is 0.224 e. The van der Waals surface area contributed by atoms with Gasteiger partial charge in [0.25, 0.3) is 0 Å². The second-order valence-electron chi connectivity index (χ2n) is 6.35. The maximum Gasteiger partial charge on any atom is 0.224 e. The van der Waals surface area contributed by atoms with E-state index < -0.39 is 0 Å². The third kappa shape index (κ3) is 3.60. The molecule has 1 aliphatic rings. The number of nitrogens with two attached hydrogens (primary N) is 1. The first-order valence-electron chi connectivity index (χ1n) is 8.32. The van der Waals surface area contributed by atoms with Gasteiger partial charge in [-0.2, -0.15) is 4.98 Å². The number of hydrogen-bond donors (Lipinski definition) is 2. The van der Waals surface area contributed by atoms with Crippen LogP contribution >= 0.6 is 12.4 Å². The van der Waals surface area contributed by atoms with Gasteiger partial charge < -0.3 is 15.6 Å². The third-order valence-electron chi connectivity index (χ3n) is 4.67. The van der Waals surface area contributed by atoms with Crippen LogP contribution in [-0.4, -0.2) is 26.6 Å². The molecular weight excluding hydrogens is 341 g/mol. The topological polar surface area (TPSA) is 68.8 Å². The lowest BCUT2D eigenvalue weighted by atomic mass is 9.92. The number of benzene rings is 1. The molecule has 0 spiro atoms. The largest absolute Gasteiger partial charge is 0.351 e. The lowest BCUT2D eigenvalue weighted by Gasteiger charge is -2.26. The van der Waals surface area contributed by atoms with Crippen LogP contribution in [0.4, 0.5) is 10.3 Å². The zero-order chi connectivity index (χ0) is 16.5. The maximum absolute atomic E-state index is 13.9. The fourth-order valence-corrected chi connectivity index (χ4v) is 3.33. The van der Waals surface area contributed by atoms with Gasteiger partial charge in [-0.1, -0.05) is 6.07 Å². The molecule has 0 bridgehead atoms. The third-order valence-corrected chi connectivity index (χ3v) is 4.67. The van der Waals surface area contributed by atoms with E-state index in [-0.39, 0.29) is 18.2 Å². The highest BCUT2D eigenvalue weighted by Gasteiger charge is 2.19. The Morgan fingerprint density at radius 3 is 2.72 bits per heavy atom. The average Bonchev–Trinajstić information content (AvgIpc) is 3.03. The van der Waals surface area contributed by atoms with E-state index in [1.165, 1.54) is 6.07 Å². The van der Waals surface area contributed by atoms with Gasteiger partial charge in [0.1, 0.15) is 11.6 Å². The molecule has 5 nitrogen and oxygen atoms in total. The fraction of sp³-hybridized carbons (Fsp3) is 0.333. The summed E-state index contributed by atoms with van der Waals surface area (Å²) in [6, 6.07) is 9.33. The highest BCUT2D eigenvalue weighted by molar-refractivity contribution is 5.85. The Kier molecular flexibility index (Phi) is 5.20. The Hall–Kier alpha value is -2.18. The molecule has 1 aromatic carbocycles. The van der Waals surface area contributed by atoms with Crippen LogP contribution in [0.3, 0.4) is 0 Å². The van der Waals surface area contributed by atoms with Gasteiger partial charge in [-0.3, -0.25) is 0 Å². The van der Waals surface area contributed by atoms with E-state index in [0.29, 0.717) is 23.4 Å². The highest BCUT2D eigenvalue weighted by Crippen LogP contribution is 2.23. The van der Waals surface area contributed by atoms with Crippen LogP contribution in [0.2, 0.25) is 0 Å². The second-order valence-corrected chi connectivity index (χ2v) is 6.35. The van der Waals surface area contributed by atoms with Crippen LogP contribution < -0.4 is 11.1 Å². The van der Waals surface area contributed by atoms with Crippen molar-refractivity contribution in [1.82, 2.24) is 14.5 Å². The molecule has 1 fully saturated rings. The first kappa shape index (κ1) is 17.6. The lowest BCUT2D eigenvalue weighted by molar-refractivity contribution is 0.410. The molecule has 0 radical (unpaired) electrons.